The molecule has 1 unspecified atom stereocenters. The molecular weight excluding hydrogens is 569 g/mol. The zero-order valence-corrected chi connectivity index (χ0v) is 20.9. The Morgan fingerprint density at radius 3 is 2.56 bits per heavy atom. The van der Waals surface area contributed by atoms with Crippen molar-refractivity contribution in [2.24, 2.45) is 5.73 Å². The largest absolute Gasteiger partial charge is 0.382 e. The van der Waals surface area contributed by atoms with Crippen LogP contribution in [0.4, 0.5) is 15.8 Å². The molecule has 14 nitrogen and oxygen atoms in total. The minimum absolute atomic E-state index is 0.00570. The van der Waals surface area contributed by atoms with Crippen molar-refractivity contribution >= 4 is 43.4 Å². The summed E-state index contributed by atoms with van der Waals surface area (Å²) in [4.78, 5) is 22.0. The summed E-state index contributed by atoms with van der Waals surface area (Å²) >= 11 is 3.08. The summed E-state index contributed by atoms with van der Waals surface area (Å²) in [5, 5.41) is 23.8. The summed E-state index contributed by atoms with van der Waals surface area (Å²) < 4.78 is 46.5. The highest BCUT2D eigenvalue weighted by Crippen LogP contribution is 2.34. The van der Waals surface area contributed by atoms with Crippen LogP contribution in [-0.4, -0.2) is 42.0 Å². The molecule has 17 heteroatoms. The Labute approximate surface area is 213 Å². The summed E-state index contributed by atoms with van der Waals surface area (Å²) in [6.45, 7) is 1.29. The van der Waals surface area contributed by atoms with E-state index in [2.05, 4.69) is 21.2 Å². The lowest BCUT2D eigenvalue weighted by atomic mass is 10.1. The third kappa shape index (κ3) is 6.65. The van der Waals surface area contributed by atoms with Crippen LogP contribution in [-0.2, 0) is 20.1 Å². The molecule has 0 radical (unpaired) electrons. The second kappa shape index (κ2) is 11.1. The lowest BCUT2D eigenvalue weighted by molar-refractivity contribution is -0.384. The number of hydrogen-bond donors (Lipinski definition) is 5. The summed E-state index contributed by atoms with van der Waals surface area (Å²) in [6.07, 6.45) is -0.730. The molecule has 1 heterocycles. The highest BCUT2D eigenvalue weighted by atomic mass is 79.9. The van der Waals surface area contributed by atoms with Gasteiger partial charge in [0.1, 0.15) is 17.8 Å². The van der Waals surface area contributed by atoms with Crippen molar-refractivity contribution in [3.8, 4) is 0 Å². The van der Waals surface area contributed by atoms with E-state index in [0.29, 0.717) is 5.56 Å². The van der Waals surface area contributed by atoms with Gasteiger partial charge < -0.3 is 11.1 Å². The fraction of sp³-hybridized carbons (Fsp3) is 0.211. The van der Waals surface area contributed by atoms with E-state index in [1.807, 2.05) is 4.72 Å². The number of nitrogens with two attached hydrogens (primary N) is 1. The molecule has 0 saturated heterocycles. The number of hydroxylamine groups is 3. The van der Waals surface area contributed by atoms with Crippen LogP contribution in [0.1, 0.15) is 18.6 Å². The number of nitrogens with zero attached hydrogens (tertiary/aromatic N) is 3. The van der Waals surface area contributed by atoms with Gasteiger partial charge in [0.25, 0.3) is 5.69 Å². The molecule has 0 saturated carbocycles. The second-order valence-electron chi connectivity index (χ2n) is 7.23. The average molecular weight is 590 g/mol. The van der Waals surface area contributed by atoms with Crippen molar-refractivity contribution in [3.63, 3.8) is 0 Å². The van der Waals surface area contributed by atoms with Crippen LogP contribution in [0.5, 0.6) is 0 Å². The van der Waals surface area contributed by atoms with Gasteiger partial charge in [-0.25, -0.2) is 9.23 Å². The molecule has 194 valence electrons. The van der Waals surface area contributed by atoms with Crippen molar-refractivity contribution in [3.05, 3.63) is 80.0 Å². The predicted molar refractivity (Wildman–Crippen MR) is 129 cm³/mol. The quantitative estimate of drug-likeness (QED) is 0.0643. The van der Waals surface area contributed by atoms with Gasteiger partial charge in [0.2, 0.25) is 0 Å². The van der Waals surface area contributed by atoms with Gasteiger partial charge in [-0.1, -0.05) is 5.23 Å². The van der Waals surface area contributed by atoms with Crippen LogP contribution in [0, 0.1) is 21.3 Å². The average Bonchev–Trinajstić information content (AvgIpc) is 3.16. The van der Waals surface area contributed by atoms with E-state index < -0.39 is 33.0 Å². The van der Waals surface area contributed by atoms with Gasteiger partial charge in [-0.05, 0) is 58.7 Å². The summed E-state index contributed by atoms with van der Waals surface area (Å²) in [6, 6.07) is 9.49. The van der Waals surface area contributed by atoms with Crippen LogP contribution in [0.15, 0.2) is 58.5 Å². The molecule has 0 spiro atoms. The van der Waals surface area contributed by atoms with Gasteiger partial charge in [0, 0.05) is 25.2 Å². The monoisotopic (exact) mass is 589 g/mol. The van der Waals surface area contributed by atoms with Crippen LogP contribution in [0.25, 0.3) is 0 Å². The van der Waals surface area contributed by atoms with E-state index in [4.69, 9.17) is 25.5 Å². The number of amidine groups is 1. The van der Waals surface area contributed by atoms with Crippen molar-refractivity contribution in [2.45, 2.75) is 13.0 Å². The molecule has 1 aliphatic heterocycles. The number of benzene rings is 2. The molecule has 0 amide bonds. The molecule has 0 aliphatic carbocycles. The van der Waals surface area contributed by atoms with Gasteiger partial charge in [-0.15, -0.1) is 4.94 Å². The van der Waals surface area contributed by atoms with Gasteiger partial charge in [-0.3, -0.25) is 20.1 Å². The first kappa shape index (κ1) is 27.2. The number of nitrogens with one attached hydrogen (secondary N) is 3. The molecule has 0 fully saturated rings. The third-order valence-electron chi connectivity index (χ3n) is 4.69. The molecule has 36 heavy (non-hydrogen) atoms. The first-order valence-electron chi connectivity index (χ1n) is 10.1. The van der Waals surface area contributed by atoms with E-state index >= 15 is 0 Å². The van der Waals surface area contributed by atoms with Gasteiger partial charge in [0.15, 0.2) is 11.5 Å². The van der Waals surface area contributed by atoms with Crippen molar-refractivity contribution < 1.29 is 32.1 Å². The molecule has 2 aromatic carbocycles. The van der Waals surface area contributed by atoms with Gasteiger partial charge in [0.05, 0.1) is 15.1 Å². The smallest absolute Gasteiger partial charge is 0.333 e. The normalized spacial score (nSPS) is 14.8. The third-order valence-corrected chi connectivity index (χ3v) is 5.86. The zero-order chi connectivity index (χ0) is 26.6. The minimum atomic E-state index is -4.44. The maximum absolute atomic E-state index is 13.8. The molecule has 2 aromatic rings. The predicted octanol–water partition coefficient (Wildman–Crippen LogP) is 2.24. The highest BCUT2D eigenvalue weighted by molar-refractivity contribution is 9.10. The highest BCUT2D eigenvalue weighted by Gasteiger charge is 2.36. The maximum Gasteiger partial charge on any atom is 0.333 e. The molecular formula is C19H21BrFN7O7S. The fourth-order valence-corrected chi connectivity index (χ4v) is 3.74. The van der Waals surface area contributed by atoms with E-state index in [1.54, 1.807) is 6.92 Å². The topological polar surface area (TPSA) is 196 Å². The van der Waals surface area contributed by atoms with Crippen LogP contribution < -0.4 is 20.8 Å². The summed E-state index contributed by atoms with van der Waals surface area (Å²) in [5.41, 5.74) is 6.44. The van der Waals surface area contributed by atoms with Gasteiger partial charge in [-0.2, -0.15) is 18.2 Å². The molecule has 0 aromatic heterocycles. The van der Waals surface area contributed by atoms with E-state index in [9.17, 15) is 22.9 Å². The zero-order valence-electron chi connectivity index (χ0n) is 18.5. The van der Waals surface area contributed by atoms with Gasteiger partial charge >= 0.3 is 10.3 Å². The summed E-state index contributed by atoms with van der Waals surface area (Å²) in [7, 11) is -4.44. The Balaban J connectivity index is 1.91. The summed E-state index contributed by atoms with van der Waals surface area (Å²) in [5.74, 6) is -1.02. The van der Waals surface area contributed by atoms with Crippen molar-refractivity contribution in [2.75, 3.05) is 18.2 Å². The maximum atomic E-state index is 13.8. The SMILES string of the molecule is CC(ON1ON(c2ccc(F)c(Br)c2)C(C(=N)N)=C1NCCNS(=O)(=O)O)c1ccc([N+](=O)[O-])cc1. The van der Waals surface area contributed by atoms with Crippen LogP contribution in [0.2, 0.25) is 0 Å². The lowest BCUT2D eigenvalue weighted by Crippen LogP contribution is -2.36. The Morgan fingerprint density at radius 2 is 2.00 bits per heavy atom. The Hall–Kier alpha value is -3.35. The Bertz CT molecular complexity index is 1290. The first-order valence-corrected chi connectivity index (χ1v) is 12.3. The number of nitro benzene ring substituents is 1. The van der Waals surface area contributed by atoms with Crippen LogP contribution >= 0.6 is 15.9 Å². The first-order chi connectivity index (χ1) is 16.9. The van der Waals surface area contributed by atoms with E-state index in [0.717, 1.165) is 16.4 Å². The Morgan fingerprint density at radius 1 is 1.33 bits per heavy atom. The standard InChI is InChI=1S/C19H21BrFN7O7S/c1-11(12-2-4-13(5-3-12)27(29)30)34-28-19(24-8-9-25-36(31,32)33)17(18(22)23)26(35-28)14-6-7-16(21)15(20)10-14/h2-7,10-11,24-25H,8-9H2,1H3,(H3,22,23)(H,31,32,33). The van der Waals surface area contributed by atoms with Crippen molar-refractivity contribution in [1.29, 1.82) is 5.41 Å². The second-order valence-corrected chi connectivity index (χ2v) is 9.33. The number of hydrogen-bond acceptors (Lipinski definition) is 10. The fourth-order valence-electron chi connectivity index (χ4n) is 3.02. The number of non-ortho nitro benzene ring substituents is 1. The molecule has 6 N–H and O–H groups in total. The number of anilines is 1. The van der Waals surface area contributed by atoms with E-state index in [-0.39, 0.29) is 40.5 Å². The van der Waals surface area contributed by atoms with E-state index in [1.165, 1.54) is 36.4 Å². The minimum Gasteiger partial charge on any atom is -0.382 e. The Kier molecular flexibility index (Phi) is 8.43. The number of nitro groups is 1. The number of halogens is 2. The van der Waals surface area contributed by atoms with Crippen molar-refractivity contribution in [1.82, 2.24) is 15.3 Å². The molecule has 1 atom stereocenters. The molecule has 0 bridgehead atoms. The molecule has 1 aliphatic rings. The van der Waals surface area contributed by atoms with Crippen LogP contribution in [0.3, 0.4) is 0 Å². The molecule has 3 rings (SSSR count). The number of rotatable bonds is 11. The lowest BCUT2D eigenvalue weighted by Gasteiger charge is -2.24.